The van der Waals surface area contributed by atoms with E-state index in [0.717, 1.165) is 11.1 Å². The van der Waals surface area contributed by atoms with Gasteiger partial charge in [-0.05, 0) is 42.3 Å². The van der Waals surface area contributed by atoms with Gasteiger partial charge in [0, 0.05) is 13.1 Å². The minimum absolute atomic E-state index is 0.180. The van der Waals surface area contributed by atoms with Gasteiger partial charge in [-0.25, -0.2) is 8.42 Å². The lowest BCUT2D eigenvalue weighted by molar-refractivity contribution is 0.171. The fourth-order valence-corrected chi connectivity index (χ4v) is 4.56. The molecule has 2 aromatic rings. The lowest BCUT2D eigenvalue weighted by atomic mass is 10.2. The van der Waals surface area contributed by atoms with E-state index in [4.69, 9.17) is 14.2 Å². The van der Waals surface area contributed by atoms with E-state index in [1.54, 1.807) is 12.1 Å². The number of hydrogen-bond acceptors (Lipinski definition) is 5. The van der Waals surface area contributed by atoms with Crippen molar-refractivity contribution in [3.05, 3.63) is 47.5 Å². The molecule has 0 radical (unpaired) electrons. The third kappa shape index (κ3) is 3.64. The molecule has 0 aromatic heterocycles. The fraction of sp³-hybridized carbons (Fsp3) is 0.368. The van der Waals surface area contributed by atoms with Crippen molar-refractivity contribution < 1.29 is 22.6 Å². The summed E-state index contributed by atoms with van der Waals surface area (Å²) < 4.78 is 44.2. The van der Waals surface area contributed by atoms with Crippen LogP contribution in [0.3, 0.4) is 0 Å². The molecule has 0 amide bonds. The molecule has 2 aromatic carbocycles. The van der Waals surface area contributed by atoms with Gasteiger partial charge in [-0.3, -0.25) is 0 Å². The predicted octanol–water partition coefficient (Wildman–Crippen LogP) is 2.99. The van der Waals surface area contributed by atoms with E-state index in [0.29, 0.717) is 37.0 Å². The van der Waals surface area contributed by atoms with Crippen LogP contribution in [0.5, 0.6) is 17.2 Å². The maximum absolute atomic E-state index is 13.2. The first-order valence-corrected chi connectivity index (χ1v) is 9.93. The van der Waals surface area contributed by atoms with Crippen LogP contribution in [0.4, 0.5) is 0 Å². The Hall–Kier alpha value is -2.25. The Labute approximate surface area is 154 Å². The highest BCUT2D eigenvalue weighted by molar-refractivity contribution is 7.89. The maximum Gasteiger partial charge on any atom is 0.247 e. The van der Waals surface area contributed by atoms with Crippen LogP contribution >= 0.6 is 0 Å². The number of ether oxygens (including phenoxy) is 3. The zero-order valence-corrected chi connectivity index (χ0v) is 16.0. The molecule has 1 aliphatic rings. The first kappa shape index (κ1) is 18.5. The molecular weight excluding hydrogens is 354 g/mol. The molecule has 0 unspecified atom stereocenters. The Morgan fingerprint density at radius 2 is 1.81 bits per heavy atom. The normalized spacial score (nSPS) is 13.7. The van der Waals surface area contributed by atoms with Crippen molar-refractivity contribution in [2.45, 2.75) is 25.3 Å². The average Bonchev–Trinajstić information content (AvgIpc) is 2.65. The van der Waals surface area contributed by atoms with E-state index in [9.17, 15) is 8.42 Å². The second-order valence-corrected chi connectivity index (χ2v) is 7.97. The number of hydrogen-bond donors (Lipinski definition) is 0. The van der Waals surface area contributed by atoms with Crippen LogP contribution in [0.15, 0.2) is 41.3 Å². The first-order chi connectivity index (χ1) is 12.5. The topological polar surface area (TPSA) is 65.1 Å². The molecule has 0 atom stereocenters. The Balaban J connectivity index is 1.92. The van der Waals surface area contributed by atoms with Gasteiger partial charge in [-0.15, -0.1) is 0 Å². The van der Waals surface area contributed by atoms with E-state index < -0.39 is 10.0 Å². The predicted molar refractivity (Wildman–Crippen MR) is 98.4 cm³/mol. The minimum Gasteiger partial charge on any atom is -0.495 e. The number of methoxy groups -OCH3 is 1. The molecule has 0 bridgehead atoms. The molecule has 0 spiro atoms. The number of fused-ring (bicyclic) bond motifs is 1. The largest absolute Gasteiger partial charge is 0.495 e. The van der Waals surface area contributed by atoms with Crippen LogP contribution in [0, 0.1) is 6.92 Å². The van der Waals surface area contributed by atoms with Gasteiger partial charge in [0.1, 0.15) is 23.9 Å². The number of aryl methyl sites for hydroxylation is 1. The molecule has 1 aliphatic heterocycles. The zero-order valence-electron chi connectivity index (χ0n) is 15.2. The van der Waals surface area contributed by atoms with Crippen molar-refractivity contribution in [3.8, 4) is 17.2 Å². The molecule has 1 heterocycles. The summed E-state index contributed by atoms with van der Waals surface area (Å²) in [4.78, 5) is 0.180. The molecule has 0 saturated carbocycles. The molecular formula is C19H23NO5S. The van der Waals surface area contributed by atoms with Crippen molar-refractivity contribution in [1.82, 2.24) is 4.31 Å². The summed E-state index contributed by atoms with van der Waals surface area (Å²) in [6.45, 7) is 5.27. The van der Waals surface area contributed by atoms with E-state index in [-0.39, 0.29) is 11.4 Å². The van der Waals surface area contributed by atoms with Gasteiger partial charge >= 0.3 is 0 Å². The monoisotopic (exact) mass is 377 g/mol. The molecule has 6 nitrogen and oxygen atoms in total. The summed E-state index contributed by atoms with van der Waals surface area (Å²) >= 11 is 0. The minimum atomic E-state index is -3.70. The third-order valence-electron chi connectivity index (χ3n) is 4.26. The molecule has 0 fully saturated rings. The van der Waals surface area contributed by atoms with E-state index >= 15 is 0 Å². The molecule has 0 N–H and O–H groups in total. The summed E-state index contributed by atoms with van der Waals surface area (Å²) in [5, 5.41) is 0. The van der Waals surface area contributed by atoms with E-state index in [1.165, 1.54) is 11.4 Å². The molecule has 7 heteroatoms. The lowest BCUT2D eigenvalue weighted by Crippen LogP contribution is -2.31. The SMILES string of the molecule is CCN(Cc1ccc2c(c1)OCCO2)S(=O)(=O)c1cc(C)ccc1OC. The van der Waals surface area contributed by atoms with Gasteiger partial charge in [-0.1, -0.05) is 19.1 Å². The summed E-state index contributed by atoms with van der Waals surface area (Å²) in [5.74, 6) is 1.68. The van der Waals surface area contributed by atoms with Crippen LogP contribution in [0.2, 0.25) is 0 Å². The Morgan fingerprint density at radius 1 is 1.08 bits per heavy atom. The number of nitrogens with zero attached hydrogens (tertiary/aromatic N) is 1. The van der Waals surface area contributed by atoms with Crippen molar-refractivity contribution in [3.63, 3.8) is 0 Å². The molecule has 140 valence electrons. The summed E-state index contributed by atoms with van der Waals surface area (Å²) in [7, 11) is -2.23. The maximum atomic E-state index is 13.2. The van der Waals surface area contributed by atoms with Crippen LogP contribution in [-0.2, 0) is 16.6 Å². The summed E-state index contributed by atoms with van der Waals surface area (Å²) in [6.07, 6.45) is 0. The average molecular weight is 377 g/mol. The first-order valence-electron chi connectivity index (χ1n) is 8.49. The van der Waals surface area contributed by atoms with Gasteiger partial charge < -0.3 is 14.2 Å². The highest BCUT2D eigenvalue weighted by Gasteiger charge is 2.27. The van der Waals surface area contributed by atoms with Gasteiger partial charge in [0.25, 0.3) is 0 Å². The number of rotatable bonds is 6. The second kappa shape index (κ2) is 7.55. The quantitative estimate of drug-likeness (QED) is 0.774. The van der Waals surface area contributed by atoms with E-state index in [2.05, 4.69) is 0 Å². The molecule has 0 saturated heterocycles. The fourth-order valence-electron chi connectivity index (χ4n) is 2.88. The third-order valence-corrected chi connectivity index (χ3v) is 6.20. The lowest BCUT2D eigenvalue weighted by Gasteiger charge is -2.23. The molecule has 26 heavy (non-hydrogen) atoms. The Bertz CT molecular complexity index is 895. The van der Waals surface area contributed by atoms with E-state index in [1.807, 2.05) is 38.1 Å². The van der Waals surface area contributed by atoms with Gasteiger partial charge in [0.05, 0.1) is 7.11 Å². The van der Waals surface area contributed by atoms with Crippen LogP contribution in [0.1, 0.15) is 18.1 Å². The second-order valence-electron chi connectivity index (χ2n) is 6.06. The van der Waals surface area contributed by atoms with Gasteiger partial charge in [0.15, 0.2) is 11.5 Å². The van der Waals surface area contributed by atoms with Crippen molar-refractivity contribution in [1.29, 1.82) is 0 Å². The standard InChI is InChI=1S/C19H23NO5S/c1-4-20(13-15-6-8-16-18(12-15)25-10-9-24-16)26(21,22)19-11-14(2)5-7-17(19)23-3/h5-8,11-12H,4,9-10,13H2,1-3H3. The highest BCUT2D eigenvalue weighted by Crippen LogP contribution is 2.33. The van der Waals surface area contributed by atoms with Crippen molar-refractivity contribution in [2.75, 3.05) is 26.9 Å². The number of benzene rings is 2. The van der Waals surface area contributed by atoms with Crippen molar-refractivity contribution in [2.24, 2.45) is 0 Å². The van der Waals surface area contributed by atoms with Crippen molar-refractivity contribution >= 4 is 10.0 Å². The van der Waals surface area contributed by atoms with Crippen LogP contribution < -0.4 is 14.2 Å². The Morgan fingerprint density at radius 3 is 2.50 bits per heavy atom. The van der Waals surface area contributed by atoms with Gasteiger partial charge in [-0.2, -0.15) is 4.31 Å². The zero-order chi connectivity index (χ0) is 18.7. The smallest absolute Gasteiger partial charge is 0.247 e. The summed E-state index contributed by atoms with van der Waals surface area (Å²) in [6, 6.07) is 10.7. The van der Waals surface area contributed by atoms with Gasteiger partial charge in [0.2, 0.25) is 10.0 Å². The molecule has 3 rings (SSSR count). The highest BCUT2D eigenvalue weighted by atomic mass is 32.2. The van der Waals surface area contributed by atoms with Crippen LogP contribution in [-0.4, -0.2) is 39.6 Å². The number of sulfonamides is 1. The summed E-state index contributed by atoms with van der Waals surface area (Å²) in [5.41, 5.74) is 1.70. The molecule has 0 aliphatic carbocycles. The Kier molecular flexibility index (Phi) is 5.38. The van der Waals surface area contributed by atoms with Crippen LogP contribution in [0.25, 0.3) is 0 Å².